The van der Waals surface area contributed by atoms with E-state index in [4.69, 9.17) is 10.1 Å². The lowest BCUT2D eigenvalue weighted by Gasteiger charge is -2.28. The summed E-state index contributed by atoms with van der Waals surface area (Å²) < 4.78 is 1.92. The van der Waals surface area contributed by atoms with Crippen LogP contribution in [0.5, 0.6) is 0 Å². The number of β-amino-alcohol motifs (C(OH)–C–C–N with tert-alkyl or cyclic N) is 1. The third kappa shape index (κ3) is 4.04. The summed E-state index contributed by atoms with van der Waals surface area (Å²) in [5, 5.41) is 16.8. The van der Waals surface area contributed by atoms with E-state index in [0.717, 1.165) is 29.6 Å². The van der Waals surface area contributed by atoms with E-state index in [1.807, 2.05) is 17.6 Å². The van der Waals surface area contributed by atoms with Crippen LogP contribution in [0, 0.1) is 0 Å². The monoisotopic (exact) mass is 411 g/mol. The molecule has 1 atom stereocenters. The second-order valence-electron chi connectivity index (χ2n) is 8.79. The zero-order valence-electron chi connectivity index (χ0n) is 17.0. The van der Waals surface area contributed by atoms with Crippen LogP contribution < -0.4 is 4.90 Å². The molecule has 2 aliphatic rings. The van der Waals surface area contributed by atoms with Gasteiger partial charge in [-0.05, 0) is 24.8 Å². The van der Waals surface area contributed by atoms with E-state index in [0.29, 0.717) is 19.0 Å². The van der Waals surface area contributed by atoms with Gasteiger partial charge in [-0.3, -0.25) is 4.90 Å². The number of nitrogens with zero attached hydrogens (tertiary/aromatic N) is 5. The predicted octanol–water partition coefficient (Wildman–Crippen LogP) is 3.52. The fourth-order valence-electron chi connectivity index (χ4n) is 4.83. The van der Waals surface area contributed by atoms with Gasteiger partial charge in [-0.1, -0.05) is 54.5 Å². The Morgan fingerprint density at radius 3 is 2.79 bits per heavy atom. The number of aromatic nitrogens is 3. The normalized spacial score (nSPS) is 23.4. The molecular weight excluding hydrogens is 382 g/mol. The maximum Gasteiger partial charge on any atom is 0.214 e. The number of fused-ring (bicyclic) bond motifs is 1. The fourth-order valence-corrected chi connectivity index (χ4v) is 5.68. The van der Waals surface area contributed by atoms with Crippen molar-refractivity contribution in [2.24, 2.45) is 0 Å². The summed E-state index contributed by atoms with van der Waals surface area (Å²) in [7, 11) is 2.02. The Morgan fingerprint density at radius 2 is 2.03 bits per heavy atom. The smallest absolute Gasteiger partial charge is 0.214 e. The minimum Gasteiger partial charge on any atom is -0.387 e. The Morgan fingerprint density at radius 1 is 1.24 bits per heavy atom. The van der Waals surface area contributed by atoms with Gasteiger partial charge >= 0.3 is 0 Å². The molecule has 1 aliphatic carbocycles. The van der Waals surface area contributed by atoms with Gasteiger partial charge in [-0.15, -0.1) is 5.10 Å². The molecule has 1 aliphatic heterocycles. The Labute approximate surface area is 175 Å². The van der Waals surface area contributed by atoms with Crippen LogP contribution in [-0.2, 0) is 6.54 Å². The molecule has 154 valence electrons. The van der Waals surface area contributed by atoms with E-state index in [9.17, 15) is 5.11 Å². The molecule has 0 radical (unpaired) electrons. The first-order valence-electron chi connectivity index (χ1n) is 10.6. The Hall–Kier alpha value is -1.96. The van der Waals surface area contributed by atoms with Crippen molar-refractivity contribution in [1.82, 2.24) is 19.5 Å². The molecule has 7 heteroatoms. The Kier molecular flexibility index (Phi) is 5.05. The first-order chi connectivity index (χ1) is 14.1. The van der Waals surface area contributed by atoms with E-state index in [2.05, 4.69) is 40.3 Å². The Bertz CT molecular complexity index is 933. The predicted molar refractivity (Wildman–Crippen MR) is 117 cm³/mol. The summed E-state index contributed by atoms with van der Waals surface area (Å²) in [6.07, 6.45) is 8.03. The highest BCUT2D eigenvalue weighted by Gasteiger charge is 2.37. The van der Waals surface area contributed by atoms with Crippen molar-refractivity contribution >= 4 is 21.4 Å². The lowest BCUT2D eigenvalue weighted by molar-refractivity contribution is 0.0562. The number of hydrogen-bond donors (Lipinski definition) is 1. The van der Waals surface area contributed by atoms with Gasteiger partial charge in [0.1, 0.15) is 0 Å². The third-order valence-electron chi connectivity index (χ3n) is 6.34. The average Bonchev–Trinajstić information content (AvgIpc) is 3.46. The third-order valence-corrected chi connectivity index (χ3v) is 7.38. The summed E-state index contributed by atoms with van der Waals surface area (Å²) >= 11 is 1.61. The van der Waals surface area contributed by atoms with Crippen molar-refractivity contribution in [1.29, 1.82) is 0 Å². The van der Waals surface area contributed by atoms with E-state index in [1.165, 1.54) is 36.9 Å². The SMILES string of the molecule is CN(CC1(O)CCN(Cc2ccccc2)C1)c1nn2cc(C3CCCC3)nc2s1. The van der Waals surface area contributed by atoms with Crippen LogP contribution in [-0.4, -0.2) is 56.9 Å². The molecule has 2 aromatic heterocycles. The zero-order chi connectivity index (χ0) is 19.8. The maximum absolute atomic E-state index is 11.2. The molecule has 0 bridgehead atoms. The van der Waals surface area contributed by atoms with Gasteiger partial charge in [0.15, 0.2) is 0 Å². The molecule has 1 aromatic carbocycles. The van der Waals surface area contributed by atoms with Gasteiger partial charge in [0, 0.05) is 39.1 Å². The lowest BCUT2D eigenvalue weighted by Crippen LogP contribution is -2.43. The van der Waals surface area contributed by atoms with E-state index >= 15 is 0 Å². The maximum atomic E-state index is 11.2. The number of anilines is 1. The van der Waals surface area contributed by atoms with Crippen molar-refractivity contribution in [3.05, 3.63) is 47.8 Å². The van der Waals surface area contributed by atoms with Crippen molar-refractivity contribution in [2.75, 3.05) is 31.6 Å². The van der Waals surface area contributed by atoms with Crippen LogP contribution in [0.1, 0.15) is 49.3 Å². The minimum atomic E-state index is -0.702. The summed E-state index contributed by atoms with van der Waals surface area (Å²) in [5.74, 6) is 0.611. The quantitative estimate of drug-likeness (QED) is 0.673. The molecule has 1 saturated heterocycles. The molecule has 0 amide bonds. The first kappa shape index (κ1) is 19.0. The van der Waals surface area contributed by atoms with Gasteiger partial charge in [-0.2, -0.15) is 0 Å². The van der Waals surface area contributed by atoms with Crippen LogP contribution >= 0.6 is 11.3 Å². The highest BCUT2D eigenvalue weighted by Crippen LogP contribution is 2.35. The molecule has 29 heavy (non-hydrogen) atoms. The number of likely N-dealkylation sites (tertiary alicyclic amines) is 1. The van der Waals surface area contributed by atoms with Crippen LogP contribution in [0.4, 0.5) is 5.13 Å². The second kappa shape index (κ2) is 7.70. The molecule has 3 heterocycles. The van der Waals surface area contributed by atoms with Crippen molar-refractivity contribution in [2.45, 2.75) is 50.2 Å². The van der Waals surface area contributed by atoms with E-state index in [1.54, 1.807) is 11.3 Å². The number of benzene rings is 1. The van der Waals surface area contributed by atoms with Crippen LogP contribution in [0.3, 0.4) is 0 Å². The number of rotatable bonds is 6. The standard InChI is InChI=1S/C22H29N5OS/c1-25(15-22(28)11-12-26(16-22)13-17-7-3-2-4-8-17)21-24-27-14-19(23-20(27)29-21)18-9-5-6-10-18/h2-4,7-8,14,18,28H,5-6,9-13,15-16H2,1H3. The lowest BCUT2D eigenvalue weighted by atomic mass is 10.0. The van der Waals surface area contributed by atoms with Gasteiger partial charge < -0.3 is 10.0 Å². The second-order valence-corrected chi connectivity index (χ2v) is 9.72. The molecule has 2 fully saturated rings. The molecule has 1 saturated carbocycles. The highest BCUT2D eigenvalue weighted by atomic mass is 32.1. The number of likely N-dealkylation sites (N-methyl/N-ethyl adjacent to an activating group) is 1. The number of hydrogen-bond acceptors (Lipinski definition) is 6. The number of imidazole rings is 1. The molecule has 6 nitrogen and oxygen atoms in total. The van der Waals surface area contributed by atoms with Gasteiger partial charge in [0.05, 0.1) is 17.5 Å². The van der Waals surface area contributed by atoms with Crippen molar-refractivity contribution in [3.63, 3.8) is 0 Å². The van der Waals surface area contributed by atoms with Crippen molar-refractivity contribution < 1.29 is 5.11 Å². The van der Waals surface area contributed by atoms with Crippen LogP contribution in [0.25, 0.3) is 4.96 Å². The van der Waals surface area contributed by atoms with Gasteiger partial charge in [0.2, 0.25) is 10.1 Å². The summed E-state index contributed by atoms with van der Waals surface area (Å²) in [4.78, 5) is 10.2. The van der Waals surface area contributed by atoms with E-state index in [-0.39, 0.29) is 0 Å². The largest absolute Gasteiger partial charge is 0.387 e. The van der Waals surface area contributed by atoms with E-state index < -0.39 is 5.60 Å². The molecule has 1 N–H and O–H groups in total. The molecule has 3 aromatic rings. The van der Waals surface area contributed by atoms with Crippen LogP contribution in [0.15, 0.2) is 36.5 Å². The molecular formula is C22H29N5OS. The number of aliphatic hydroxyl groups is 1. The minimum absolute atomic E-state index is 0.588. The summed E-state index contributed by atoms with van der Waals surface area (Å²) in [5.41, 5.74) is 1.79. The fraction of sp³-hybridized carbons (Fsp3) is 0.545. The average molecular weight is 412 g/mol. The zero-order valence-corrected chi connectivity index (χ0v) is 17.8. The van der Waals surface area contributed by atoms with Crippen LogP contribution in [0.2, 0.25) is 0 Å². The summed E-state index contributed by atoms with van der Waals surface area (Å²) in [6.45, 7) is 3.10. The van der Waals surface area contributed by atoms with Gasteiger partial charge in [0.25, 0.3) is 0 Å². The summed E-state index contributed by atoms with van der Waals surface area (Å²) in [6, 6.07) is 10.5. The highest BCUT2D eigenvalue weighted by molar-refractivity contribution is 7.20. The molecule has 5 rings (SSSR count). The van der Waals surface area contributed by atoms with Crippen molar-refractivity contribution in [3.8, 4) is 0 Å². The Balaban J connectivity index is 1.22. The first-order valence-corrected chi connectivity index (χ1v) is 11.5. The topological polar surface area (TPSA) is 56.9 Å². The van der Waals surface area contributed by atoms with Gasteiger partial charge in [-0.25, -0.2) is 9.50 Å². The molecule has 0 spiro atoms. The molecule has 1 unspecified atom stereocenters.